The predicted octanol–water partition coefficient (Wildman–Crippen LogP) is 1.68. The van der Waals surface area contributed by atoms with Crippen LogP contribution >= 0.6 is 0 Å². The molecule has 0 radical (unpaired) electrons. The van der Waals surface area contributed by atoms with Crippen molar-refractivity contribution in [3.05, 3.63) is 18.0 Å². The molecule has 1 N–H and O–H groups in total. The van der Waals surface area contributed by atoms with E-state index in [4.69, 9.17) is 5.11 Å². The molecule has 1 saturated heterocycles. The molecular weight excluding hydrogens is 292 g/mol. The molecule has 21 heavy (non-hydrogen) atoms. The Bertz CT molecular complexity index is 665. The second kappa shape index (κ2) is 5.14. The summed E-state index contributed by atoms with van der Waals surface area (Å²) in [6.45, 7) is 0.542. The summed E-state index contributed by atoms with van der Waals surface area (Å²) < 4.78 is 28.6. The number of carbonyl (C=O) groups is 1. The zero-order valence-corrected chi connectivity index (χ0v) is 12.8. The van der Waals surface area contributed by atoms with Crippen LogP contribution in [0.5, 0.6) is 0 Å². The Hall–Kier alpha value is -1.34. The number of hydrogen-bond donors (Lipinski definition) is 1. The Morgan fingerprint density at radius 1 is 1.29 bits per heavy atom. The first kappa shape index (κ1) is 14.6. The van der Waals surface area contributed by atoms with E-state index in [0.29, 0.717) is 12.5 Å². The monoisotopic (exact) mass is 312 g/mol. The lowest BCUT2D eigenvalue weighted by molar-refractivity contribution is 0.0686. The van der Waals surface area contributed by atoms with E-state index in [1.807, 2.05) is 0 Å². The SMILES string of the molecule is Cn1cc(S(=O)(=O)N2CCCC3CCCC32)cc1C(=O)O. The highest BCUT2D eigenvalue weighted by Gasteiger charge is 2.41. The molecule has 1 aromatic rings. The minimum atomic E-state index is -3.60. The number of nitrogens with zero attached hydrogens (tertiary/aromatic N) is 2. The van der Waals surface area contributed by atoms with E-state index in [2.05, 4.69) is 0 Å². The van der Waals surface area contributed by atoms with Gasteiger partial charge in [-0.25, -0.2) is 13.2 Å². The number of aromatic nitrogens is 1. The van der Waals surface area contributed by atoms with E-state index in [1.165, 1.54) is 16.8 Å². The summed E-state index contributed by atoms with van der Waals surface area (Å²) in [6, 6.07) is 1.35. The van der Waals surface area contributed by atoms with Gasteiger partial charge in [-0.15, -0.1) is 0 Å². The third kappa shape index (κ3) is 2.38. The van der Waals surface area contributed by atoms with Gasteiger partial charge in [-0.05, 0) is 37.7 Å². The summed E-state index contributed by atoms with van der Waals surface area (Å²) >= 11 is 0. The number of fused-ring (bicyclic) bond motifs is 1. The quantitative estimate of drug-likeness (QED) is 0.921. The first-order valence-electron chi connectivity index (χ1n) is 7.33. The summed E-state index contributed by atoms with van der Waals surface area (Å²) in [5.41, 5.74) is -0.00597. The molecule has 1 saturated carbocycles. The van der Waals surface area contributed by atoms with Gasteiger partial charge in [0.2, 0.25) is 10.0 Å². The number of piperidine rings is 1. The van der Waals surface area contributed by atoms with Crippen molar-refractivity contribution in [3.8, 4) is 0 Å². The molecule has 0 spiro atoms. The van der Waals surface area contributed by atoms with Crippen LogP contribution in [0, 0.1) is 5.92 Å². The normalized spacial score (nSPS) is 26.7. The summed E-state index contributed by atoms with van der Waals surface area (Å²) in [6.07, 6.45) is 6.49. The average molecular weight is 312 g/mol. The molecule has 0 amide bonds. The standard InChI is InChI=1S/C14H20N2O4S/c1-15-9-11(8-13(15)14(17)18)21(19,20)16-7-3-5-10-4-2-6-12(10)16/h8-10,12H,2-7H2,1H3,(H,17,18). The highest BCUT2D eigenvalue weighted by molar-refractivity contribution is 7.89. The van der Waals surface area contributed by atoms with Crippen molar-refractivity contribution in [3.63, 3.8) is 0 Å². The van der Waals surface area contributed by atoms with Gasteiger partial charge < -0.3 is 9.67 Å². The zero-order chi connectivity index (χ0) is 15.2. The number of carboxylic acids is 1. The molecule has 0 bridgehead atoms. The van der Waals surface area contributed by atoms with Crippen LogP contribution in [-0.2, 0) is 17.1 Å². The third-order valence-corrected chi connectivity index (χ3v) is 6.64. The largest absolute Gasteiger partial charge is 0.477 e. The Labute approximate surface area is 124 Å². The van der Waals surface area contributed by atoms with Crippen molar-refractivity contribution in [2.45, 2.75) is 43.0 Å². The van der Waals surface area contributed by atoms with Crippen LogP contribution in [-0.4, -0.2) is 41.0 Å². The molecule has 2 fully saturated rings. The molecule has 2 unspecified atom stereocenters. The van der Waals surface area contributed by atoms with Gasteiger partial charge in [0, 0.05) is 25.8 Å². The number of hydrogen-bond acceptors (Lipinski definition) is 3. The molecule has 116 valence electrons. The molecule has 1 aliphatic heterocycles. The van der Waals surface area contributed by atoms with Gasteiger partial charge >= 0.3 is 5.97 Å². The lowest BCUT2D eigenvalue weighted by Crippen LogP contribution is -2.45. The maximum absolute atomic E-state index is 12.8. The summed E-state index contributed by atoms with van der Waals surface area (Å²) in [7, 11) is -2.05. The van der Waals surface area contributed by atoms with Gasteiger partial charge in [0.1, 0.15) is 10.6 Å². The smallest absolute Gasteiger partial charge is 0.352 e. The van der Waals surface area contributed by atoms with Gasteiger partial charge in [-0.2, -0.15) is 4.31 Å². The van der Waals surface area contributed by atoms with Crippen molar-refractivity contribution in [1.29, 1.82) is 0 Å². The molecule has 0 aromatic carbocycles. The number of aryl methyl sites for hydroxylation is 1. The van der Waals surface area contributed by atoms with Crippen molar-refractivity contribution >= 4 is 16.0 Å². The molecular formula is C14H20N2O4S. The van der Waals surface area contributed by atoms with Crippen LogP contribution in [0.15, 0.2) is 17.2 Å². The average Bonchev–Trinajstić information content (AvgIpc) is 3.03. The minimum Gasteiger partial charge on any atom is -0.477 e. The van der Waals surface area contributed by atoms with Gasteiger partial charge in [0.05, 0.1) is 0 Å². The number of carboxylic acid groups (broad SMARTS) is 1. The van der Waals surface area contributed by atoms with Crippen LogP contribution < -0.4 is 0 Å². The number of sulfonamides is 1. The van der Waals surface area contributed by atoms with Crippen molar-refractivity contribution in [2.24, 2.45) is 13.0 Å². The van der Waals surface area contributed by atoms with Gasteiger partial charge in [-0.3, -0.25) is 0 Å². The first-order chi connectivity index (χ1) is 9.91. The zero-order valence-electron chi connectivity index (χ0n) is 12.0. The van der Waals surface area contributed by atoms with Crippen LogP contribution in [0.4, 0.5) is 0 Å². The fourth-order valence-corrected chi connectivity index (χ4v) is 5.56. The maximum atomic E-state index is 12.8. The molecule has 2 atom stereocenters. The molecule has 2 aliphatic rings. The Balaban J connectivity index is 1.96. The van der Waals surface area contributed by atoms with E-state index < -0.39 is 16.0 Å². The fraction of sp³-hybridized carbons (Fsp3) is 0.643. The molecule has 1 aromatic heterocycles. The van der Waals surface area contributed by atoms with E-state index in [9.17, 15) is 13.2 Å². The van der Waals surface area contributed by atoms with Crippen LogP contribution in [0.25, 0.3) is 0 Å². The van der Waals surface area contributed by atoms with Gasteiger partial charge in [-0.1, -0.05) is 6.42 Å². The molecule has 3 rings (SSSR count). The van der Waals surface area contributed by atoms with Crippen molar-refractivity contribution in [2.75, 3.05) is 6.54 Å². The summed E-state index contributed by atoms with van der Waals surface area (Å²) in [5.74, 6) is -0.646. The topological polar surface area (TPSA) is 79.6 Å². The fourth-order valence-electron chi connectivity index (χ4n) is 3.73. The summed E-state index contributed by atoms with van der Waals surface area (Å²) in [4.78, 5) is 11.2. The lowest BCUT2D eigenvalue weighted by atomic mass is 9.94. The van der Waals surface area contributed by atoms with E-state index >= 15 is 0 Å². The van der Waals surface area contributed by atoms with E-state index in [1.54, 1.807) is 11.4 Å². The van der Waals surface area contributed by atoms with Gasteiger partial charge in [0.15, 0.2) is 0 Å². The Morgan fingerprint density at radius 2 is 2.00 bits per heavy atom. The third-order valence-electron chi connectivity index (χ3n) is 4.75. The highest BCUT2D eigenvalue weighted by atomic mass is 32.2. The number of rotatable bonds is 3. The Morgan fingerprint density at radius 3 is 2.67 bits per heavy atom. The van der Waals surface area contributed by atoms with E-state index in [0.717, 1.165) is 32.1 Å². The molecule has 7 heteroatoms. The second-order valence-corrected chi connectivity index (χ2v) is 7.88. The maximum Gasteiger partial charge on any atom is 0.352 e. The highest BCUT2D eigenvalue weighted by Crippen LogP contribution is 2.39. The molecule has 6 nitrogen and oxygen atoms in total. The second-order valence-electron chi connectivity index (χ2n) is 5.99. The first-order valence-corrected chi connectivity index (χ1v) is 8.77. The number of aromatic carboxylic acids is 1. The minimum absolute atomic E-state index is 0.00597. The molecule has 2 heterocycles. The van der Waals surface area contributed by atoms with Crippen molar-refractivity contribution in [1.82, 2.24) is 8.87 Å². The van der Waals surface area contributed by atoms with Gasteiger partial charge in [0.25, 0.3) is 0 Å². The van der Waals surface area contributed by atoms with Crippen LogP contribution in [0.1, 0.15) is 42.6 Å². The van der Waals surface area contributed by atoms with Crippen molar-refractivity contribution < 1.29 is 18.3 Å². The molecule has 1 aliphatic carbocycles. The van der Waals surface area contributed by atoms with E-state index in [-0.39, 0.29) is 16.6 Å². The summed E-state index contributed by atoms with van der Waals surface area (Å²) in [5, 5.41) is 9.08. The Kier molecular flexibility index (Phi) is 3.57. The van der Waals surface area contributed by atoms with Crippen LogP contribution in [0.3, 0.4) is 0 Å². The lowest BCUT2D eigenvalue weighted by Gasteiger charge is -2.36. The van der Waals surface area contributed by atoms with Crippen LogP contribution in [0.2, 0.25) is 0 Å². The predicted molar refractivity (Wildman–Crippen MR) is 76.6 cm³/mol.